The van der Waals surface area contributed by atoms with Gasteiger partial charge in [0, 0.05) is 13.1 Å². The quantitative estimate of drug-likeness (QED) is 0.724. The van der Waals surface area contributed by atoms with E-state index in [9.17, 15) is 12.8 Å². The molecule has 0 bridgehead atoms. The number of hydrogen-bond acceptors (Lipinski definition) is 3. The Balaban J connectivity index is 2.78. The van der Waals surface area contributed by atoms with Crippen LogP contribution in [0.3, 0.4) is 0 Å². The van der Waals surface area contributed by atoms with Crippen LogP contribution in [0.15, 0.2) is 23.1 Å². The van der Waals surface area contributed by atoms with Crippen LogP contribution in [0, 0.1) is 11.7 Å². The fraction of sp³-hybridized carbons (Fsp3) is 0.571. The van der Waals surface area contributed by atoms with E-state index in [1.165, 1.54) is 12.1 Å². The molecule has 0 aromatic heterocycles. The molecular formula is C14H23FN2O2S. The summed E-state index contributed by atoms with van der Waals surface area (Å²) >= 11 is 0. The van der Waals surface area contributed by atoms with Crippen molar-refractivity contribution >= 4 is 10.0 Å². The predicted octanol–water partition coefficient (Wildman–Crippen LogP) is 2.26. The summed E-state index contributed by atoms with van der Waals surface area (Å²) < 4.78 is 40.3. The van der Waals surface area contributed by atoms with Gasteiger partial charge < -0.3 is 5.32 Å². The lowest BCUT2D eigenvalue weighted by Gasteiger charge is -2.10. The molecule has 0 spiro atoms. The zero-order chi connectivity index (χ0) is 15.2. The van der Waals surface area contributed by atoms with E-state index in [2.05, 4.69) is 23.9 Å². The first kappa shape index (κ1) is 17.1. The lowest BCUT2D eigenvalue weighted by molar-refractivity contribution is 0.533. The van der Waals surface area contributed by atoms with Gasteiger partial charge in [0.05, 0.1) is 0 Å². The van der Waals surface area contributed by atoms with Crippen molar-refractivity contribution in [3.05, 3.63) is 29.6 Å². The first-order chi connectivity index (χ1) is 9.36. The molecule has 1 rings (SSSR count). The van der Waals surface area contributed by atoms with E-state index in [0.29, 0.717) is 19.0 Å². The highest BCUT2D eigenvalue weighted by Gasteiger charge is 2.19. The predicted molar refractivity (Wildman–Crippen MR) is 78.4 cm³/mol. The monoisotopic (exact) mass is 302 g/mol. The molecule has 0 aliphatic heterocycles. The van der Waals surface area contributed by atoms with E-state index in [4.69, 9.17) is 0 Å². The average Bonchev–Trinajstić information content (AvgIpc) is 2.37. The largest absolute Gasteiger partial charge is 0.316 e. The molecule has 0 aliphatic rings. The van der Waals surface area contributed by atoms with Crippen LogP contribution in [0.25, 0.3) is 0 Å². The van der Waals surface area contributed by atoms with Crippen LogP contribution in [-0.4, -0.2) is 22.0 Å². The molecule has 0 amide bonds. The topological polar surface area (TPSA) is 58.2 Å². The van der Waals surface area contributed by atoms with Crippen molar-refractivity contribution in [2.24, 2.45) is 5.92 Å². The van der Waals surface area contributed by atoms with Crippen molar-refractivity contribution in [1.82, 2.24) is 10.0 Å². The summed E-state index contributed by atoms with van der Waals surface area (Å²) in [5.74, 6) is -0.198. The maximum Gasteiger partial charge on any atom is 0.243 e. The summed E-state index contributed by atoms with van der Waals surface area (Å²) in [6.45, 7) is 4.98. The minimum absolute atomic E-state index is 0.283. The number of nitrogens with one attached hydrogen (secondary N) is 2. The summed E-state index contributed by atoms with van der Waals surface area (Å²) in [6.07, 6.45) is 1.68. The van der Waals surface area contributed by atoms with Gasteiger partial charge in [-0.05, 0) is 43.5 Å². The standard InChI is InChI=1S/C14H23FN2O2S/c1-11(2)5-4-8-17-20(18,19)14-9-12(10-16-3)6-7-13(14)15/h6-7,9,11,16-17H,4-5,8,10H2,1-3H3. The SMILES string of the molecule is CNCc1ccc(F)c(S(=O)(=O)NCCCC(C)C)c1. The van der Waals surface area contributed by atoms with Crippen molar-refractivity contribution in [3.8, 4) is 0 Å². The van der Waals surface area contributed by atoms with Crippen molar-refractivity contribution in [3.63, 3.8) is 0 Å². The Bertz CT molecular complexity index is 530. The molecule has 0 saturated heterocycles. The van der Waals surface area contributed by atoms with E-state index in [1.54, 1.807) is 13.1 Å². The van der Waals surface area contributed by atoms with Gasteiger partial charge in [0.25, 0.3) is 0 Å². The van der Waals surface area contributed by atoms with Crippen LogP contribution < -0.4 is 10.0 Å². The minimum atomic E-state index is -3.78. The van der Waals surface area contributed by atoms with Crippen LogP contribution in [0.1, 0.15) is 32.3 Å². The zero-order valence-corrected chi connectivity index (χ0v) is 13.1. The number of hydrogen-bond donors (Lipinski definition) is 2. The first-order valence-electron chi connectivity index (χ1n) is 6.79. The molecule has 4 nitrogen and oxygen atoms in total. The number of sulfonamides is 1. The van der Waals surface area contributed by atoms with Gasteiger partial charge >= 0.3 is 0 Å². The zero-order valence-electron chi connectivity index (χ0n) is 12.2. The van der Waals surface area contributed by atoms with E-state index in [0.717, 1.165) is 18.4 Å². The van der Waals surface area contributed by atoms with Crippen LogP contribution in [0.5, 0.6) is 0 Å². The van der Waals surface area contributed by atoms with Crippen molar-refractivity contribution in [1.29, 1.82) is 0 Å². The number of benzene rings is 1. The lowest BCUT2D eigenvalue weighted by Crippen LogP contribution is -2.26. The molecule has 20 heavy (non-hydrogen) atoms. The molecule has 0 atom stereocenters. The maximum atomic E-state index is 13.7. The Morgan fingerprint density at radius 3 is 2.60 bits per heavy atom. The second-order valence-electron chi connectivity index (χ2n) is 5.23. The molecule has 1 aromatic carbocycles. The third-order valence-electron chi connectivity index (χ3n) is 2.92. The highest BCUT2D eigenvalue weighted by atomic mass is 32.2. The fourth-order valence-electron chi connectivity index (χ4n) is 1.86. The molecule has 1 aromatic rings. The molecule has 6 heteroatoms. The van der Waals surface area contributed by atoms with Gasteiger partial charge in [0.1, 0.15) is 10.7 Å². The summed E-state index contributed by atoms with van der Waals surface area (Å²) in [4.78, 5) is -0.283. The Morgan fingerprint density at radius 2 is 2.00 bits per heavy atom. The number of halogens is 1. The molecule has 0 aliphatic carbocycles. The highest BCUT2D eigenvalue weighted by Crippen LogP contribution is 2.16. The molecule has 0 heterocycles. The summed E-state index contributed by atoms with van der Waals surface area (Å²) in [5.41, 5.74) is 0.733. The Labute approximate surface area is 120 Å². The highest BCUT2D eigenvalue weighted by molar-refractivity contribution is 7.89. The van der Waals surface area contributed by atoms with E-state index >= 15 is 0 Å². The first-order valence-corrected chi connectivity index (χ1v) is 8.28. The van der Waals surface area contributed by atoms with E-state index in [-0.39, 0.29) is 4.90 Å². The fourth-order valence-corrected chi connectivity index (χ4v) is 3.06. The third-order valence-corrected chi connectivity index (χ3v) is 4.39. The molecular weight excluding hydrogens is 279 g/mol. The third kappa shape index (κ3) is 5.19. The van der Waals surface area contributed by atoms with Crippen molar-refractivity contribution < 1.29 is 12.8 Å². The second kappa shape index (κ2) is 7.71. The van der Waals surface area contributed by atoms with Gasteiger partial charge in [-0.2, -0.15) is 0 Å². The van der Waals surface area contributed by atoms with Gasteiger partial charge in [-0.1, -0.05) is 19.9 Å². The Morgan fingerprint density at radius 1 is 1.30 bits per heavy atom. The van der Waals surface area contributed by atoms with Crippen LogP contribution >= 0.6 is 0 Å². The average molecular weight is 302 g/mol. The Kier molecular flexibility index (Phi) is 6.58. The summed E-state index contributed by atoms with van der Waals surface area (Å²) in [5, 5.41) is 2.91. The van der Waals surface area contributed by atoms with Crippen molar-refractivity contribution in [2.75, 3.05) is 13.6 Å². The van der Waals surface area contributed by atoms with E-state index < -0.39 is 15.8 Å². The van der Waals surface area contributed by atoms with Gasteiger partial charge in [0.2, 0.25) is 10.0 Å². The normalized spacial score (nSPS) is 12.1. The van der Waals surface area contributed by atoms with Gasteiger partial charge in [0.15, 0.2) is 0 Å². The van der Waals surface area contributed by atoms with Crippen LogP contribution in [0.2, 0.25) is 0 Å². The second-order valence-corrected chi connectivity index (χ2v) is 6.96. The lowest BCUT2D eigenvalue weighted by atomic mass is 10.1. The van der Waals surface area contributed by atoms with Crippen LogP contribution in [0.4, 0.5) is 4.39 Å². The summed E-state index contributed by atoms with van der Waals surface area (Å²) in [7, 11) is -2.03. The molecule has 0 fully saturated rings. The molecule has 114 valence electrons. The van der Waals surface area contributed by atoms with Gasteiger partial charge in [-0.15, -0.1) is 0 Å². The van der Waals surface area contributed by atoms with Gasteiger partial charge in [-0.25, -0.2) is 17.5 Å². The minimum Gasteiger partial charge on any atom is -0.316 e. The molecule has 2 N–H and O–H groups in total. The smallest absolute Gasteiger partial charge is 0.243 e. The van der Waals surface area contributed by atoms with Crippen LogP contribution in [-0.2, 0) is 16.6 Å². The molecule has 0 unspecified atom stereocenters. The molecule has 0 radical (unpaired) electrons. The number of rotatable bonds is 8. The molecule has 0 saturated carbocycles. The maximum absolute atomic E-state index is 13.7. The van der Waals surface area contributed by atoms with E-state index in [1.807, 2.05) is 0 Å². The Hall–Kier alpha value is -0.980. The summed E-state index contributed by atoms with van der Waals surface area (Å²) in [6, 6.07) is 4.13. The van der Waals surface area contributed by atoms with Gasteiger partial charge in [-0.3, -0.25) is 0 Å². The van der Waals surface area contributed by atoms with Crippen molar-refractivity contribution in [2.45, 2.75) is 38.1 Å².